The summed E-state index contributed by atoms with van der Waals surface area (Å²) in [4.78, 5) is 25.0. The Bertz CT molecular complexity index is 1900. The molecule has 1 saturated heterocycles. The van der Waals surface area contributed by atoms with Gasteiger partial charge in [0, 0.05) is 47.8 Å². The molecule has 5 aromatic rings. The second-order valence-electron chi connectivity index (χ2n) is 12.7. The lowest BCUT2D eigenvalue weighted by Crippen LogP contribution is -2.38. The Kier molecular flexibility index (Phi) is 12.2. The lowest BCUT2D eigenvalue weighted by molar-refractivity contribution is -0.268. The Balaban J connectivity index is 1.16. The molecule has 51 heavy (non-hydrogen) atoms. The van der Waals surface area contributed by atoms with Gasteiger partial charge in [0.1, 0.15) is 0 Å². The zero-order chi connectivity index (χ0) is 35.6. The number of ether oxygens (including phenoxy) is 2. The first-order valence-corrected chi connectivity index (χ1v) is 18.1. The van der Waals surface area contributed by atoms with E-state index >= 15 is 0 Å². The average Bonchev–Trinajstić information content (AvgIpc) is 3.17. The lowest BCUT2D eigenvalue weighted by Gasteiger charge is -2.41. The highest BCUT2D eigenvalue weighted by Gasteiger charge is 2.38. The van der Waals surface area contributed by atoms with Gasteiger partial charge < -0.3 is 30.5 Å². The molecule has 262 valence electrons. The highest BCUT2D eigenvalue weighted by atomic mass is 32.2. The van der Waals surface area contributed by atoms with Crippen LogP contribution >= 0.6 is 11.8 Å². The highest BCUT2D eigenvalue weighted by molar-refractivity contribution is 7.99. The molecule has 1 heterocycles. The second-order valence-corrected chi connectivity index (χ2v) is 13.8. The van der Waals surface area contributed by atoms with E-state index in [1.807, 2.05) is 103 Å². The van der Waals surface area contributed by atoms with Crippen molar-refractivity contribution in [3.63, 3.8) is 0 Å². The third-order valence-corrected chi connectivity index (χ3v) is 9.98. The SMILES string of the molecule is CC(=O)Nc1ccc(SCC2OC(c3cccc(-c4cccc(CNC(=O)NCc5ccccc5)c4)c3)OC(c3ccc(CO)cc3)C2C)cc1. The van der Waals surface area contributed by atoms with Crippen LogP contribution in [-0.4, -0.2) is 28.9 Å². The summed E-state index contributed by atoms with van der Waals surface area (Å²) in [7, 11) is 0. The molecule has 4 unspecified atom stereocenters. The summed E-state index contributed by atoms with van der Waals surface area (Å²) in [6, 6.07) is 41.7. The van der Waals surface area contributed by atoms with Crippen molar-refractivity contribution in [2.45, 2.75) is 56.9 Å². The van der Waals surface area contributed by atoms with E-state index in [0.29, 0.717) is 18.8 Å². The van der Waals surface area contributed by atoms with Crippen LogP contribution in [0.3, 0.4) is 0 Å². The Morgan fingerprint density at radius 1 is 0.706 bits per heavy atom. The summed E-state index contributed by atoms with van der Waals surface area (Å²) in [5.74, 6) is 0.654. The topological polar surface area (TPSA) is 109 Å². The highest BCUT2D eigenvalue weighted by Crippen LogP contribution is 2.43. The summed E-state index contributed by atoms with van der Waals surface area (Å²) in [5.41, 5.74) is 7.63. The fourth-order valence-corrected chi connectivity index (χ4v) is 7.14. The number of nitrogens with one attached hydrogen (secondary N) is 3. The molecule has 0 aliphatic carbocycles. The zero-order valence-electron chi connectivity index (χ0n) is 28.8. The summed E-state index contributed by atoms with van der Waals surface area (Å²) < 4.78 is 13.4. The number of thioether (sulfide) groups is 1. The van der Waals surface area contributed by atoms with Gasteiger partial charge in [-0.2, -0.15) is 0 Å². The minimum absolute atomic E-state index is 0.0153. The maximum atomic E-state index is 12.5. The maximum Gasteiger partial charge on any atom is 0.315 e. The van der Waals surface area contributed by atoms with E-state index in [1.54, 1.807) is 11.8 Å². The fourth-order valence-electron chi connectivity index (χ4n) is 6.07. The summed E-state index contributed by atoms with van der Waals surface area (Å²) in [6.07, 6.45) is -0.956. The molecule has 0 aromatic heterocycles. The number of carbonyl (C=O) groups is 2. The van der Waals surface area contributed by atoms with Gasteiger partial charge >= 0.3 is 6.03 Å². The van der Waals surface area contributed by atoms with Crippen molar-refractivity contribution in [1.29, 1.82) is 0 Å². The van der Waals surface area contributed by atoms with Crippen molar-refractivity contribution in [1.82, 2.24) is 10.6 Å². The summed E-state index contributed by atoms with van der Waals surface area (Å²) in [5, 5.41) is 18.3. The summed E-state index contributed by atoms with van der Waals surface area (Å²) in [6.45, 7) is 4.50. The first-order valence-electron chi connectivity index (χ1n) is 17.1. The first kappa shape index (κ1) is 35.9. The van der Waals surface area contributed by atoms with Gasteiger partial charge in [0.05, 0.1) is 18.8 Å². The molecular formula is C42H43N3O5S. The van der Waals surface area contributed by atoms with E-state index in [9.17, 15) is 14.7 Å². The van der Waals surface area contributed by atoms with Crippen LogP contribution in [0.2, 0.25) is 0 Å². The number of carbonyl (C=O) groups excluding carboxylic acids is 2. The second kappa shape index (κ2) is 17.3. The molecule has 5 aromatic carbocycles. The van der Waals surface area contributed by atoms with E-state index in [4.69, 9.17) is 9.47 Å². The van der Waals surface area contributed by atoms with Crippen LogP contribution in [0, 0.1) is 5.92 Å². The van der Waals surface area contributed by atoms with Crippen molar-refractivity contribution in [3.05, 3.63) is 155 Å². The number of aliphatic hydroxyl groups excluding tert-OH is 1. The van der Waals surface area contributed by atoms with E-state index in [2.05, 4.69) is 47.1 Å². The molecule has 8 nitrogen and oxygen atoms in total. The third-order valence-electron chi connectivity index (χ3n) is 8.88. The molecule has 0 spiro atoms. The molecule has 4 N–H and O–H groups in total. The monoisotopic (exact) mass is 701 g/mol. The largest absolute Gasteiger partial charge is 0.392 e. The molecule has 9 heteroatoms. The number of benzene rings is 5. The van der Waals surface area contributed by atoms with E-state index in [0.717, 1.165) is 49.5 Å². The van der Waals surface area contributed by atoms with Gasteiger partial charge in [0.25, 0.3) is 0 Å². The normalized spacial score (nSPS) is 18.5. The fraction of sp³-hybridized carbons (Fsp3) is 0.238. The van der Waals surface area contributed by atoms with Crippen molar-refractivity contribution in [2.24, 2.45) is 5.92 Å². The van der Waals surface area contributed by atoms with E-state index < -0.39 is 6.29 Å². The van der Waals surface area contributed by atoms with Crippen molar-refractivity contribution in [2.75, 3.05) is 11.1 Å². The lowest BCUT2D eigenvalue weighted by atomic mass is 9.91. The van der Waals surface area contributed by atoms with Gasteiger partial charge in [0.15, 0.2) is 6.29 Å². The molecule has 0 saturated carbocycles. The van der Waals surface area contributed by atoms with Gasteiger partial charge in [-0.1, -0.05) is 97.9 Å². The Hall–Kier alpha value is -4.93. The van der Waals surface area contributed by atoms with Crippen molar-refractivity contribution < 1.29 is 24.2 Å². The van der Waals surface area contributed by atoms with Crippen LogP contribution in [0.1, 0.15) is 54.1 Å². The quantitative estimate of drug-likeness (QED) is 0.0974. The van der Waals surface area contributed by atoms with Crippen LogP contribution in [-0.2, 0) is 34.0 Å². The van der Waals surface area contributed by atoms with Crippen LogP contribution in [0.25, 0.3) is 11.1 Å². The standard InChI is InChI=1S/C42H43N3O5S/c1-28-39(27-51-38-20-18-37(19-21-38)45-29(2)47)49-41(50-40(28)33-16-14-31(26-46)15-17-33)36-13-7-12-35(23-36)34-11-6-10-32(22-34)25-44-42(48)43-24-30-8-4-3-5-9-30/h3-23,28,39-41,46H,24-27H2,1-2H3,(H,45,47)(H2,43,44,48). The molecule has 6 rings (SSSR count). The van der Waals surface area contributed by atoms with Crippen molar-refractivity contribution >= 4 is 29.4 Å². The molecule has 4 atom stereocenters. The van der Waals surface area contributed by atoms with Gasteiger partial charge in [-0.05, 0) is 69.8 Å². The van der Waals surface area contributed by atoms with Crippen LogP contribution in [0.15, 0.2) is 132 Å². The predicted molar refractivity (Wildman–Crippen MR) is 202 cm³/mol. The number of rotatable bonds is 12. The molecule has 1 fully saturated rings. The van der Waals surface area contributed by atoms with Crippen LogP contribution in [0.4, 0.5) is 10.5 Å². The Morgan fingerprint density at radius 2 is 1.37 bits per heavy atom. The van der Waals surface area contributed by atoms with E-state index in [1.165, 1.54) is 6.92 Å². The van der Waals surface area contributed by atoms with Gasteiger partial charge in [-0.15, -0.1) is 11.8 Å². The number of urea groups is 1. The molecule has 1 aliphatic rings. The number of hydrogen-bond donors (Lipinski definition) is 4. The molecule has 0 radical (unpaired) electrons. The van der Waals surface area contributed by atoms with Crippen LogP contribution < -0.4 is 16.0 Å². The van der Waals surface area contributed by atoms with Gasteiger partial charge in [-0.25, -0.2) is 4.79 Å². The smallest absolute Gasteiger partial charge is 0.315 e. The molecule has 3 amide bonds. The van der Waals surface area contributed by atoms with Gasteiger partial charge in [-0.3, -0.25) is 4.79 Å². The maximum absolute atomic E-state index is 12.5. The predicted octanol–water partition coefficient (Wildman–Crippen LogP) is 8.39. The average molecular weight is 702 g/mol. The minimum Gasteiger partial charge on any atom is -0.392 e. The summed E-state index contributed by atoms with van der Waals surface area (Å²) >= 11 is 1.71. The number of anilines is 1. The molecular weight excluding hydrogens is 659 g/mol. The Morgan fingerprint density at radius 3 is 2.08 bits per heavy atom. The number of amides is 3. The van der Waals surface area contributed by atoms with Crippen molar-refractivity contribution in [3.8, 4) is 11.1 Å². The first-order chi connectivity index (χ1) is 24.8. The number of hydrogen-bond acceptors (Lipinski definition) is 6. The molecule has 0 bridgehead atoms. The minimum atomic E-state index is -0.602. The third kappa shape index (κ3) is 9.86. The number of aliphatic hydroxyl groups is 1. The van der Waals surface area contributed by atoms with E-state index in [-0.39, 0.29) is 36.7 Å². The zero-order valence-corrected chi connectivity index (χ0v) is 29.6. The van der Waals surface area contributed by atoms with Crippen LogP contribution in [0.5, 0.6) is 0 Å². The Labute approximate surface area is 303 Å². The molecule has 1 aliphatic heterocycles. The van der Waals surface area contributed by atoms with Gasteiger partial charge in [0.2, 0.25) is 5.91 Å².